The monoisotopic (exact) mass is 348 g/mol. The Morgan fingerprint density at radius 1 is 1.33 bits per heavy atom. The van der Waals surface area contributed by atoms with Crippen LogP contribution in [0.25, 0.3) is 0 Å². The van der Waals surface area contributed by atoms with Gasteiger partial charge in [-0.1, -0.05) is 23.4 Å². The fourth-order valence-corrected chi connectivity index (χ4v) is 5.31. The molecule has 1 unspecified atom stereocenters. The fourth-order valence-electron chi connectivity index (χ4n) is 3.53. The van der Waals surface area contributed by atoms with Gasteiger partial charge in [0.1, 0.15) is 16.6 Å². The van der Waals surface area contributed by atoms with Crippen molar-refractivity contribution in [3.63, 3.8) is 0 Å². The van der Waals surface area contributed by atoms with E-state index in [1.165, 1.54) is 5.56 Å². The van der Waals surface area contributed by atoms with Crippen molar-refractivity contribution in [2.24, 2.45) is 0 Å². The van der Waals surface area contributed by atoms with E-state index in [4.69, 9.17) is 9.26 Å². The topological polar surface area (TPSA) is 82.3 Å². The molecule has 0 aliphatic carbocycles. The third-order valence-corrected chi connectivity index (χ3v) is 6.77. The summed E-state index contributed by atoms with van der Waals surface area (Å²) in [5.74, 6) is 1.80. The van der Waals surface area contributed by atoms with Gasteiger partial charge in [-0.25, -0.2) is 8.42 Å². The minimum atomic E-state index is -3.15. The molecule has 2 aliphatic rings. The Bertz CT molecular complexity index is 886. The molecule has 1 aromatic carbocycles. The van der Waals surface area contributed by atoms with Gasteiger partial charge in [-0.05, 0) is 32.3 Å². The highest BCUT2D eigenvalue weighted by Gasteiger charge is 2.37. The summed E-state index contributed by atoms with van der Waals surface area (Å²) in [5, 5.41) is 3.33. The van der Waals surface area contributed by atoms with Crippen LogP contribution in [0.5, 0.6) is 5.75 Å². The van der Waals surface area contributed by atoms with Gasteiger partial charge in [-0.2, -0.15) is 4.98 Å². The molecule has 1 fully saturated rings. The average molecular weight is 348 g/mol. The number of para-hydroxylation sites is 1. The number of ether oxygens (including phenoxy) is 1. The molecular weight excluding hydrogens is 328 g/mol. The standard InChI is InChI=1S/C17H20N2O4S/c1-17(2)10-12-6-3-5-11(15(12)22-17)9-14-18-16(23-19-14)13-7-4-8-24(13,20)21/h3,5-6,13H,4,7-10H2,1-2H3. The van der Waals surface area contributed by atoms with Gasteiger partial charge in [0.15, 0.2) is 15.7 Å². The van der Waals surface area contributed by atoms with Gasteiger partial charge < -0.3 is 9.26 Å². The number of sulfone groups is 1. The van der Waals surface area contributed by atoms with Crippen LogP contribution in [0.1, 0.15) is 54.8 Å². The Hall–Kier alpha value is -1.89. The third kappa shape index (κ3) is 2.70. The summed E-state index contributed by atoms with van der Waals surface area (Å²) in [6, 6.07) is 6.06. The van der Waals surface area contributed by atoms with E-state index in [9.17, 15) is 8.42 Å². The van der Waals surface area contributed by atoms with E-state index in [-0.39, 0.29) is 17.2 Å². The molecule has 1 saturated heterocycles. The second-order valence-electron chi connectivity index (χ2n) is 7.17. The summed E-state index contributed by atoms with van der Waals surface area (Å²) in [5.41, 5.74) is 1.97. The number of benzene rings is 1. The van der Waals surface area contributed by atoms with Crippen molar-refractivity contribution in [2.45, 2.75) is 50.4 Å². The lowest BCUT2D eigenvalue weighted by Crippen LogP contribution is -2.24. The van der Waals surface area contributed by atoms with Crippen LogP contribution in [0.3, 0.4) is 0 Å². The van der Waals surface area contributed by atoms with Crippen LogP contribution in [-0.4, -0.2) is 29.9 Å². The molecule has 0 bridgehead atoms. The zero-order chi connectivity index (χ0) is 16.9. The molecule has 1 aromatic heterocycles. The van der Waals surface area contributed by atoms with Gasteiger partial charge in [0.2, 0.25) is 5.89 Å². The normalized spacial score (nSPS) is 23.8. The molecule has 0 radical (unpaired) electrons. The van der Waals surface area contributed by atoms with Gasteiger partial charge in [-0.3, -0.25) is 0 Å². The molecule has 4 rings (SSSR count). The lowest BCUT2D eigenvalue weighted by Gasteiger charge is -2.18. The fraction of sp³-hybridized carbons (Fsp3) is 0.529. The van der Waals surface area contributed by atoms with Crippen LogP contribution < -0.4 is 4.74 Å². The van der Waals surface area contributed by atoms with Crippen molar-refractivity contribution in [2.75, 3.05) is 5.75 Å². The Labute approximate surface area is 141 Å². The molecule has 2 aromatic rings. The van der Waals surface area contributed by atoms with Gasteiger partial charge in [0, 0.05) is 18.4 Å². The molecule has 0 spiro atoms. The summed E-state index contributed by atoms with van der Waals surface area (Å²) in [7, 11) is -3.15. The quantitative estimate of drug-likeness (QED) is 0.848. The smallest absolute Gasteiger partial charge is 0.244 e. The molecule has 7 heteroatoms. The summed E-state index contributed by atoms with van der Waals surface area (Å²) >= 11 is 0. The predicted octanol–water partition coefficient (Wildman–Crippen LogP) is 2.62. The van der Waals surface area contributed by atoms with Crippen LogP contribution in [0.2, 0.25) is 0 Å². The Morgan fingerprint density at radius 3 is 2.92 bits per heavy atom. The van der Waals surface area contributed by atoms with E-state index in [2.05, 4.69) is 30.1 Å². The molecule has 3 heterocycles. The SMILES string of the molecule is CC1(C)Cc2cccc(Cc3noc(C4CCCS4(=O)=O)n3)c2O1. The van der Waals surface area contributed by atoms with E-state index in [0.29, 0.717) is 25.1 Å². The Balaban J connectivity index is 1.59. The Kier molecular flexibility index (Phi) is 3.46. The zero-order valence-corrected chi connectivity index (χ0v) is 14.6. The maximum absolute atomic E-state index is 12.0. The number of nitrogens with zero attached hydrogens (tertiary/aromatic N) is 2. The molecule has 1 atom stereocenters. The highest BCUT2D eigenvalue weighted by atomic mass is 32.2. The number of aromatic nitrogens is 2. The number of hydrogen-bond donors (Lipinski definition) is 0. The minimum Gasteiger partial charge on any atom is -0.487 e. The molecule has 128 valence electrons. The highest BCUT2D eigenvalue weighted by molar-refractivity contribution is 7.91. The first-order valence-corrected chi connectivity index (χ1v) is 9.89. The second-order valence-corrected chi connectivity index (χ2v) is 9.47. The average Bonchev–Trinajstić information content (AvgIpc) is 3.15. The first-order chi connectivity index (χ1) is 11.3. The van der Waals surface area contributed by atoms with Gasteiger partial charge in [0.25, 0.3) is 0 Å². The number of rotatable bonds is 3. The molecule has 2 aliphatic heterocycles. The molecule has 0 saturated carbocycles. The van der Waals surface area contributed by atoms with E-state index in [0.717, 1.165) is 17.7 Å². The lowest BCUT2D eigenvalue weighted by atomic mass is 10.00. The van der Waals surface area contributed by atoms with Crippen molar-refractivity contribution in [3.8, 4) is 5.75 Å². The Morgan fingerprint density at radius 2 is 2.17 bits per heavy atom. The molecule has 0 N–H and O–H groups in total. The van der Waals surface area contributed by atoms with E-state index >= 15 is 0 Å². The minimum absolute atomic E-state index is 0.199. The summed E-state index contributed by atoms with van der Waals surface area (Å²) in [6.07, 6.45) is 2.55. The van der Waals surface area contributed by atoms with E-state index in [1.807, 2.05) is 12.1 Å². The predicted molar refractivity (Wildman–Crippen MR) is 87.7 cm³/mol. The van der Waals surface area contributed by atoms with Crippen LogP contribution in [0.4, 0.5) is 0 Å². The van der Waals surface area contributed by atoms with Crippen molar-refractivity contribution >= 4 is 9.84 Å². The van der Waals surface area contributed by atoms with Crippen molar-refractivity contribution in [3.05, 3.63) is 41.0 Å². The largest absolute Gasteiger partial charge is 0.487 e. The first kappa shape index (κ1) is 15.6. The van der Waals surface area contributed by atoms with Crippen LogP contribution in [0, 0.1) is 0 Å². The van der Waals surface area contributed by atoms with E-state index < -0.39 is 15.1 Å². The second kappa shape index (κ2) is 5.31. The van der Waals surface area contributed by atoms with Crippen LogP contribution >= 0.6 is 0 Å². The van der Waals surface area contributed by atoms with Crippen LogP contribution in [-0.2, 0) is 22.7 Å². The summed E-state index contributed by atoms with van der Waals surface area (Å²) in [6.45, 7) is 4.13. The lowest BCUT2D eigenvalue weighted by molar-refractivity contribution is 0.137. The van der Waals surface area contributed by atoms with Gasteiger partial charge in [0.05, 0.1) is 5.75 Å². The van der Waals surface area contributed by atoms with Crippen LogP contribution in [0.15, 0.2) is 22.7 Å². The first-order valence-electron chi connectivity index (χ1n) is 8.18. The van der Waals surface area contributed by atoms with Crippen molar-refractivity contribution < 1.29 is 17.7 Å². The van der Waals surface area contributed by atoms with E-state index in [1.54, 1.807) is 0 Å². The molecular formula is C17H20N2O4S. The maximum Gasteiger partial charge on any atom is 0.244 e. The third-order valence-electron chi connectivity index (χ3n) is 4.61. The van der Waals surface area contributed by atoms with Gasteiger partial charge in [-0.15, -0.1) is 0 Å². The van der Waals surface area contributed by atoms with Gasteiger partial charge >= 0.3 is 0 Å². The summed E-state index contributed by atoms with van der Waals surface area (Å²) < 4.78 is 35.3. The van der Waals surface area contributed by atoms with Crippen molar-refractivity contribution in [1.29, 1.82) is 0 Å². The summed E-state index contributed by atoms with van der Waals surface area (Å²) in [4.78, 5) is 4.33. The molecule has 24 heavy (non-hydrogen) atoms. The highest BCUT2D eigenvalue weighted by Crippen LogP contribution is 2.38. The number of fused-ring (bicyclic) bond motifs is 1. The maximum atomic E-state index is 12.0. The molecule has 6 nitrogen and oxygen atoms in total. The van der Waals surface area contributed by atoms with Crippen molar-refractivity contribution in [1.82, 2.24) is 10.1 Å². The zero-order valence-electron chi connectivity index (χ0n) is 13.8. The molecule has 0 amide bonds. The number of hydrogen-bond acceptors (Lipinski definition) is 6.